The predicted octanol–water partition coefficient (Wildman–Crippen LogP) is 3.88. The van der Waals surface area contributed by atoms with Crippen molar-refractivity contribution in [3.05, 3.63) is 11.6 Å². The van der Waals surface area contributed by atoms with Gasteiger partial charge in [0.25, 0.3) is 0 Å². The van der Waals surface area contributed by atoms with Crippen LogP contribution in [0.1, 0.15) is 58.8 Å². The maximum absolute atomic E-state index is 10.1. The minimum absolute atomic E-state index is 0.881. The van der Waals surface area contributed by atoms with Crippen molar-refractivity contribution in [1.29, 1.82) is 0 Å². The van der Waals surface area contributed by atoms with Crippen LogP contribution in [0.3, 0.4) is 0 Å². The van der Waals surface area contributed by atoms with E-state index in [4.69, 9.17) is 0 Å². The molecule has 0 aliphatic heterocycles. The molecule has 0 fully saturated rings. The minimum atomic E-state index is 0.881. The zero-order valence-electron chi connectivity index (χ0n) is 9.01. The fourth-order valence-corrected chi connectivity index (χ4v) is 1.38. The molecule has 0 spiro atoms. The lowest BCUT2D eigenvalue weighted by molar-refractivity contribution is -0.104. The fraction of sp³-hybridized carbons (Fsp3) is 0.750. The van der Waals surface area contributed by atoms with Crippen LogP contribution in [0.25, 0.3) is 0 Å². The number of carbonyl (C=O) groups is 1. The van der Waals surface area contributed by atoms with Crippen molar-refractivity contribution in [3.8, 4) is 0 Å². The topological polar surface area (TPSA) is 17.1 Å². The SMILES string of the molecule is CCCCCCCCC(C)=CC=O. The van der Waals surface area contributed by atoms with E-state index in [-0.39, 0.29) is 0 Å². The molecule has 0 N–H and O–H groups in total. The minimum Gasteiger partial charge on any atom is -0.299 e. The van der Waals surface area contributed by atoms with Crippen LogP contribution in [0.5, 0.6) is 0 Å². The lowest BCUT2D eigenvalue weighted by atomic mass is 10.1. The highest BCUT2D eigenvalue weighted by molar-refractivity contribution is 5.65. The van der Waals surface area contributed by atoms with Crippen LogP contribution in [-0.4, -0.2) is 6.29 Å². The molecule has 0 radical (unpaired) electrons. The molecule has 1 heteroatoms. The van der Waals surface area contributed by atoms with E-state index in [1.165, 1.54) is 44.1 Å². The van der Waals surface area contributed by atoms with Gasteiger partial charge in [0, 0.05) is 0 Å². The van der Waals surface area contributed by atoms with Crippen molar-refractivity contribution in [2.75, 3.05) is 0 Å². The fourth-order valence-electron chi connectivity index (χ4n) is 1.38. The molecule has 0 saturated heterocycles. The third kappa shape index (κ3) is 9.32. The van der Waals surface area contributed by atoms with Gasteiger partial charge in [-0.2, -0.15) is 0 Å². The van der Waals surface area contributed by atoms with Gasteiger partial charge in [-0.1, -0.05) is 44.6 Å². The number of rotatable bonds is 8. The Hall–Kier alpha value is -0.590. The Balaban J connectivity index is 3.16. The summed E-state index contributed by atoms with van der Waals surface area (Å²) in [4.78, 5) is 10.1. The summed E-state index contributed by atoms with van der Waals surface area (Å²) in [7, 11) is 0. The van der Waals surface area contributed by atoms with E-state index in [2.05, 4.69) is 6.92 Å². The van der Waals surface area contributed by atoms with E-state index in [1.54, 1.807) is 6.08 Å². The van der Waals surface area contributed by atoms with Crippen LogP contribution in [-0.2, 0) is 4.79 Å². The predicted molar refractivity (Wildman–Crippen MR) is 57.8 cm³/mol. The molecule has 0 heterocycles. The van der Waals surface area contributed by atoms with Gasteiger partial charge < -0.3 is 0 Å². The smallest absolute Gasteiger partial charge is 0.142 e. The largest absolute Gasteiger partial charge is 0.299 e. The third-order valence-corrected chi connectivity index (χ3v) is 2.28. The van der Waals surface area contributed by atoms with Gasteiger partial charge in [0.15, 0.2) is 0 Å². The highest BCUT2D eigenvalue weighted by Gasteiger charge is 1.91. The van der Waals surface area contributed by atoms with Crippen LogP contribution in [0, 0.1) is 0 Å². The van der Waals surface area contributed by atoms with E-state index in [1.807, 2.05) is 6.92 Å². The van der Waals surface area contributed by atoms with Crippen molar-refractivity contribution in [2.45, 2.75) is 58.8 Å². The summed E-state index contributed by atoms with van der Waals surface area (Å²) >= 11 is 0. The molecule has 0 amide bonds. The summed E-state index contributed by atoms with van der Waals surface area (Å²) in [6.45, 7) is 4.26. The number of carbonyl (C=O) groups excluding carboxylic acids is 1. The molecule has 0 rings (SSSR count). The van der Waals surface area contributed by atoms with E-state index in [0.717, 1.165) is 12.7 Å². The van der Waals surface area contributed by atoms with Gasteiger partial charge in [-0.05, 0) is 25.8 Å². The first-order chi connectivity index (χ1) is 6.31. The summed E-state index contributed by atoms with van der Waals surface area (Å²) < 4.78 is 0. The van der Waals surface area contributed by atoms with Crippen molar-refractivity contribution in [2.24, 2.45) is 0 Å². The van der Waals surface area contributed by atoms with Gasteiger partial charge in [-0.15, -0.1) is 0 Å². The standard InChI is InChI=1S/C12H22O/c1-3-4-5-6-7-8-9-12(2)10-11-13/h10-11H,3-9H2,1-2H3. The molecular weight excluding hydrogens is 160 g/mol. The monoisotopic (exact) mass is 182 g/mol. The molecule has 0 atom stereocenters. The first-order valence-electron chi connectivity index (χ1n) is 5.42. The zero-order chi connectivity index (χ0) is 9.94. The summed E-state index contributed by atoms with van der Waals surface area (Å²) in [6, 6.07) is 0. The van der Waals surface area contributed by atoms with Crippen molar-refractivity contribution < 1.29 is 4.79 Å². The molecule has 0 unspecified atom stereocenters. The van der Waals surface area contributed by atoms with Crippen molar-refractivity contribution >= 4 is 6.29 Å². The number of allylic oxidation sites excluding steroid dienone is 2. The van der Waals surface area contributed by atoms with Crippen LogP contribution < -0.4 is 0 Å². The van der Waals surface area contributed by atoms with E-state index in [9.17, 15) is 4.79 Å². The van der Waals surface area contributed by atoms with Crippen LogP contribution >= 0.6 is 0 Å². The highest BCUT2D eigenvalue weighted by Crippen LogP contribution is 2.10. The molecule has 0 saturated carbocycles. The molecule has 0 aromatic carbocycles. The Labute approximate surface area is 82.2 Å². The molecule has 0 aromatic heterocycles. The summed E-state index contributed by atoms with van der Waals surface area (Å²) in [5, 5.41) is 0. The van der Waals surface area contributed by atoms with Gasteiger partial charge in [0.05, 0.1) is 0 Å². The van der Waals surface area contributed by atoms with Gasteiger partial charge in [0.2, 0.25) is 0 Å². The third-order valence-electron chi connectivity index (χ3n) is 2.28. The second-order valence-corrected chi connectivity index (χ2v) is 3.67. The molecule has 0 aliphatic carbocycles. The maximum atomic E-state index is 10.1. The quantitative estimate of drug-likeness (QED) is 0.316. The first-order valence-corrected chi connectivity index (χ1v) is 5.42. The van der Waals surface area contributed by atoms with E-state index < -0.39 is 0 Å². The second-order valence-electron chi connectivity index (χ2n) is 3.67. The molecule has 13 heavy (non-hydrogen) atoms. The first kappa shape index (κ1) is 12.4. The average Bonchev–Trinajstić information content (AvgIpc) is 2.11. The second kappa shape index (κ2) is 9.50. The molecular formula is C12H22O. The Morgan fingerprint density at radius 1 is 1.08 bits per heavy atom. The number of unbranched alkanes of at least 4 members (excludes halogenated alkanes) is 5. The molecule has 0 bridgehead atoms. The zero-order valence-corrected chi connectivity index (χ0v) is 9.01. The van der Waals surface area contributed by atoms with Gasteiger partial charge in [-0.3, -0.25) is 4.79 Å². The highest BCUT2D eigenvalue weighted by atomic mass is 16.1. The summed E-state index contributed by atoms with van der Waals surface area (Å²) in [5.41, 5.74) is 1.21. The molecule has 0 aromatic rings. The molecule has 1 nitrogen and oxygen atoms in total. The average molecular weight is 182 g/mol. The van der Waals surface area contributed by atoms with E-state index in [0.29, 0.717) is 0 Å². The van der Waals surface area contributed by atoms with Crippen molar-refractivity contribution in [3.63, 3.8) is 0 Å². The van der Waals surface area contributed by atoms with Crippen LogP contribution in [0.15, 0.2) is 11.6 Å². The lowest BCUT2D eigenvalue weighted by Gasteiger charge is -2.00. The number of hydrogen-bond acceptors (Lipinski definition) is 1. The molecule has 0 aliphatic rings. The van der Waals surface area contributed by atoms with Crippen molar-refractivity contribution in [1.82, 2.24) is 0 Å². The Morgan fingerprint density at radius 3 is 2.31 bits per heavy atom. The maximum Gasteiger partial charge on any atom is 0.142 e. The van der Waals surface area contributed by atoms with Gasteiger partial charge in [0.1, 0.15) is 6.29 Å². The number of aldehydes is 1. The van der Waals surface area contributed by atoms with Crippen LogP contribution in [0.2, 0.25) is 0 Å². The Morgan fingerprint density at radius 2 is 1.69 bits per heavy atom. The summed E-state index contributed by atoms with van der Waals surface area (Å²) in [5.74, 6) is 0. The van der Waals surface area contributed by atoms with Gasteiger partial charge in [-0.25, -0.2) is 0 Å². The Kier molecular flexibility index (Phi) is 9.07. The van der Waals surface area contributed by atoms with Crippen LogP contribution in [0.4, 0.5) is 0 Å². The van der Waals surface area contributed by atoms with Gasteiger partial charge >= 0.3 is 0 Å². The summed E-state index contributed by atoms with van der Waals surface area (Å²) in [6.07, 6.45) is 11.6. The lowest BCUT2D eigenvalue weighted by Crippen LogP contribution is -1.81. The van der Waals surface area contributed by atoms with E-state index >= 15 is 0 Å². The number of hydrogen-bond donors (Lipinski definition) is 0. The normalized spacial score (nSPS) is 11.7. The Bertz CT molecular complexity index is 147. The molecule has 76 valence electrons.